The lowest BCUT2D eigenvalue weighted by Gasteiger charge is -2.07. The molecule has 0 saturated carbocycles. The molecule has 0 bridgehead atoms. The van der Waals surface area contributed by atoms with Gasteiger partial charge in [0.15, 0.2) is 0 Å². The highest BCUT2D eigenvalue weighted by molar-refractivity contribution is 6.01. The maximum atomic E-state index is 12.4. The van der Waals surface area contributed by atoms with E-state index < -0.39 is 17.6 Å². The summed E-state index contributed by atoms with van der Waals surface area (Å²) < 4.78 is 37.3. The Balaban J connectivity index is 1.97. The molecule has 24 heavy (non-hydrogen) atoms. The third kappa shape index (κ3) is 4.94. The van der Waals surface area contributed by atoms with Crippen molar-refractivity contribution in [1.29, 1.82) is 0 Å². The van der Waals surface area contributed by atoms with Crippen LogP contribution in [0.2, 0.25) is 0 Å². The van der Waals surface area contributed by atoms with Gasteiger partial charge in [0.2, 0.25) is 5.91 Å². The first kappa shape index (κ1) is 17.7. The topological polar surface area (TPSA) is 42.0 Å². The van der Waals surface area contributed by atoms with Crippen LogP contribution in [0.15, 0.2) is 48.7 Å². The van der Waals surface area contributed by atoms with Crippen LogP contribution in [0.3, 0.4) is 0 Å². The summed E-state index contributed by atoms with van der Waals surface area (Å²) in [7, 11) is 0. The fourth-order valence-corrected chi connectivity index (χ4v) is 1.97. The Morgan fingerprint density at radius 3 is 2.29 bits per heavy atom. The summed E-state index contributed by atoms with van der Waals surface area (Å²) in [5.74, 6) is 0.0278. The smallest absolute Gasteiger partial charge is 0.307 e. The van der Waals surface area contributed by atoms with E-state index >= 15 is 0 Å². The van der Waals surface area contributed by atoms with Crippen LogP contribution in [-0.4, -0.2) is 10.9 Å². The Morgan fingerprint density at radius 2 is 1.79 bits per heavy atom. The Kier molecular flexibility index (Phi) is 5.39. The molecule has 0 atom stereocenters. The fourth-order valence-electron chi connectivity index (χ4n) is 1.97. The second kappa shape index (κ2) is 7.29. The van der Waals surface area contributed by atoms with E-state index in [4.69, 9.17) is 0 Å². The van der Waals surface area contributed by atoms with Crippen molar-refractivity contribution < 1.29 is 18.0 Å². The van der Waals surface area contributed by atoms with E-state index in [0.717, 1.165) is 17.7 Å². The van der Waals surface area contributed by atoms with Crippen molar-refractivity contribution in [1.82, 2.24) is 4.98 Å². The van der Waals surface area contributed by atoms with Gasteiger partial charge in [0, 0.05) is 12.3 Å². The van der Waals surface area contributed by atoms with Crippen LogP contribution in [0.25, 0.3) is 6.08 Å². The van der Waals surface area contributed by atoms with Gasteiger partial charge in [0.05, 0.1) is 5.56 Å². The summed E-state index contributed by atoms with van der Waals surface area (Å²) in [5, 5.41) is 2.42. The van der Waals surface area contributed by atoms with Crippen LogP contribution in [0.5, 0.6) is 0 Å². The lowest BCUT2D eigenvalue weighted by Crippen LogP contribution is -2.11. The molecule has 1 aromatic carbocycles. The van der Waals surface area contributed by atoms with Crippen LogP contribution < -0.4 is 5.32 Å². The van der Waals surface area contributed by atoms with E-state index in [1.165, 1.54) is 11.6 Å². The zero-order chi connectivity index (χ0) is 17.7. The molecule has 0 radical (unpaired) electrons. The molecule has 1 aromatic heterocycles. The molecule has 2 aromatic rings. The molecule has 0 aliphatic heterocycles. The minimum atomic E-state index is -4.45. The maximum Gasteiger partial charge on any atom is 0.417 e. The molecule has 0 aliphatic carbocycles. The van der Waals surface area contributed by atoms with E-state index in [1.807, 2.05) is 24.3 Å². The molecule has 1 heterocycles. The summed E-state index contributed by atoms with van der Waals surface area (Å²) in [4.78, 5) is 15.4. The number of nitrogens with zero attached hydrogens (tertiary/aromatic N) is 1. The molecule has 3 nitrogen and oxygen atoms in total. The van der Waals surface area contributed by atoms with Crippen LogP contribution in [0.1, 0.15) is 36.5 Å². The van der Waals surface area contributed by atoms with Crippen LogP contribution in [0.4, 0.5) is 19.0 Å². The van der Waals surface area contributed by atoms with Crippen molar-refractivity contribution in [3.63, 3.8) is 0 Å². The van der Waals surface area contributed by atoms with Gasteiger partial charge in [-0.3, -0.25) is 4.79 Å². The minimum Gasteiger partial charge on any atom is -0.307 e. The SMILES string of the molecule is CC(C)c1ccc(/C=C/C(=O)Nc2ccc(C(F)(F)F)cn2)cc1. The summed E-state index contributed by atoms with van der Waals surface area (Å²) in [6.45, 7) is 4.19. The lowest BCUT2D eigenvalue weighted by molar-refractivity contribution is -0.137. The van der Waals surface area contributed by atoms with Crippen LogP contribution >= 0.6 is 0 Å². The first-order chi connectivity index (χ1) is 11.3. The van der Waals surface area contributed by atoms with E-state index in [1.54, 1.807) is 6.08 Å². The number of benzene rings is 1. The summed E-state index contributed by atoms with van der Waals surface area (Å²) in [6.07, 6.45) is -0.825. The zero-order valence-electron chi connectivity index (χ0n) is 13.3. The van der Waals surface area contributed by atoms with Gasteiger partial charge in [0.25, 0.3) is 0 Å². The molecular weight excluding hydrogens is 317 g/mol. The van der Waals surface area contributed by atoms with Crippen LogP contribution in [0, 0.1) is 0 Å². The molecule has 0 fully saturated rings. The van der Waals surface area contributed by atoms with Crippen molar-refractivity contribution in [3.8, 4) is 0 Å². The molecule has 1 N–H and O–H groups in total. The number of hydrogen-bond acceptors (Lipinski definition) is 2. The third-order valence-electron chi connectivity index (χ3n) is 3.37. The Labute approximate surface area is 138 Å². The van der Waals surface area contributed by atoms with E-state index in [2.05, 4.69) is 24.1 Å². The van der Waals surface area contributed by atoms with Gasteiger partial charge < -0.3 is 5.32 Å². The highest BCUT2D eigenvalue weighted by Crippen LogP contribution is 2.28. The number of hydrogen-bond donors (Lipinski definition) is 1. The maximum absolute atomic E-state index is 12.4. The van der Waals surface area contributed by atoms with Crippen molar-refractivity contribution in [3.05, 3.63) is 65.4 Å². The second-order valence-corrected chi connectivity index (χ2v) is 5.57. The molecule has 6 heteroatoms. The molecule has 2 rings (SSSR count). The van der Waals surface area contributed by atoms with Gasteiger partial charge in [-0.1, -0.05) is 38.1 Å². The summed E-state index contributed by atoms with van der Waals surface area (Å²) in [6, 6.07) is 9.76. The number of anilines is 1. The van der Waals surface area contributed by atoms with Crippen molar-refractivity contribution in [2.45, 2.75) is 25.9 Å². The molecule has 126 valence electrons. The average molecular weight is 334 g/mol. The van der Waals surface area contributed by atoms with Gasteiger partial charge in [-0.25, -0.2) is 4.98 Å². The number of alkyl halides is 3. The Bertz CT molecular complexity index is 717. The van der Waals surface area contributed by atoms with E-state index in [9.17, 15) is 18.0 Å². The van der Waals surface area contributed by atoms with Gasteiger partial charge in [-0.15, -0.1) is 0 Å². The minimum absolute atomic E-state index is 0.0628. The highest BCUT2D eigenvalue weighted by atomic mass is 19.4. The molecule has 0 spiro atoms. The number of carbonyl (C=O) groups is 1. The number of halogens is 3. The average Bonchev–Trinajstić information content (AvgIpc) is 2.53. The van der Waals surface area contributed by atoms with E-state index in [0.29, 0.717) is 12.1 Å². The van der Waals surface area contributed by atoms with Crippen molar-refractivity contribution in [2.75, 3.05) is 5.32 Å². The summed E-state index contributed by atoms with van der Waals surface area (Å²) >= 11 is 0. The Morgan fingerprint density at radius 1 is 1.12 bits per heavy atom. The largest absolute Gasteiger partial charge is 0.417 e. The van der Waals surface area contributed by atoms with Gasteiger partial charge in [-0.2, -0.15) is 13.2 Å². The lowest BCUT2D eigenvalue weighted by atomic mass is 10.0. The van der Waals surface area contributed by atoms with Gasteiger partial charge in [0.1, 0.15) is 5.82 Å². The number of amides is 1. The van der Waals surface area contributed by atoms with Gasteiger partial charge >= 0.3 is 6.18 Å². The second-order valence-electron chi connectivity index (χ2n) is 5.57. The predicted molar refractivity (Wildman–Crippen MR) is 87.4 cm³/mol. The number of rotatable bonds is 4. The first-order valence-electron chi connectivity index (χ1n) is 7.38. The Hall–Kier alpha value is -2.63. The molecular formula is C18H17F3N2O. The number of aromatic nitrogens is 1. The fraction of sp³-hybridized carbons (Fsp3) is 0.222. The quantitative estimate of drug-likeness (QED) is 0.810. The first-order valence-corrected chi connectivity index (χ1v) is 7.38. The van der Waals surface area contributed by atoms with Crippen molar-refractivity contribution in [2.24, 2.45) is 0 Å². The number of pyridine rings is 1. The summed E-state index contributed by atoms with van der Waals surface area (Å²) in [5.41, 5.74) is 1.20. The standard InChI is InChI=1S/C18H17F3N2O/c1-12(2)14-6-3-13(4-7-14)5-10-17(24)23-16-9-8-15(11-22-16)18(19,20)21/h3-12H,1-2H3,(H,22,23,24)/b10-5+. The number of carbonyl (C=O) groups excluding carboxylic acids is 1. The molecule has 0 saturated heterocycles. The highest BCUT2D eigenvalue weighted by Gasteiger charge is 2.30. The third-order valence-corrected chi connectivity index (χ3v) is 3.37. The normalized spacial score (nSPS) is 11.9. The van der Waals surface area contributed by atoms with Crippen molar-refractivity contribution >= 4 is 17.8 Å². The molecule has 0 aliphatic rings. The monoisotopic (exact) mass is 334 g/mol. The predicted octanol–water partition coefficient (Wildman–Crippen LogP) is 4.88. The number of nitrogens with one attached hydrogen (secondary N) is 1. The molecule has 1 amide bonds. The van der Waals surface area contributed by atoms with Crippen LogP contribution in [-0.2, 0) is 11.0 Å². The van der Waals surface area contributed by atoms with E-state index in [-0.39, 0.29) is 5.82 Å². The molecule has 0 unspecified atom stereocenters. The zero-order valence-corrected chi connectivity index (χ0v) is 13.3. The van der Waals surface area contributed by atoms with Gasteiger partial charge in [-0.05, 0) is 35.3 Å².